The average molecular weight is 212 g/mol. The highest BCUT2D eigenvalue weighted by Gasteiger charge is 2.05. The van der Waals surface area contributed by atoms with Crippen LogP contribution in [0.3, 0.4) is 0 Å². The third-order valence-corrected chi connectivity index (χ3v) is 4.00. The van der Waals surface area contributed by atoms with E-state index in [0.29, 0.717) is 0 Å². The van der Waals surface area contributed by atoms with Gasteiger partial charge in [0.15, 0.2) is 0 Å². The Kier molecular flexibility index (Phi) is 1.83. The smallest absolute Gasteiger partial charge is 0.00958 e. The summed E-state index contributed by atoms with van der Waals surface area (Å²) in [5.41, 5.74) is 0. The van der Waals surface area contributed by atoms with Gasteiger partial charge in [-0.2, -0.15) is 0 Å². The maximum atomic E-state index is 2.31. The predicted molar refractivity (Wildman–Crippen MR) is 68.8 cm³/mol. The van der Waals surface area contributed by atoms with Crippen LogP contribution < -0.4 is 0 Å². The van der Waals surface area contributed by atoms with Gasteiger partial charge in [0, 0.05) is 9.75 Å². The van der Waals surface area contributed by atoms with Crippen LogP contribution in [0.1, 0.15) is 9.75 Å². The van der Waals surface area contributed by atoms with Crippen LogP contribution in [0.15, 0.2) is 36.4 Å². The summed E-state index contributed by atoms with van der Waals surface area (Å²) in [6.45, 7) is 4.41. The molecule has 0 saturated heterocycles. The fourth-order valence-corrected chi connectivity index (χ4v) is 3.18. The normalized spacial score (nSPS) is 11.3. The Hall–Kier alpha value is -1.34. The number of rotatable bonds is 0. The van der Waals surface area contributed by atoms with Crippen LogP contribution >= 0.6 is 11.3 Å². The van der Waals surface area contributed by atoms with Gasteiger partial charge in [-0.1, -0.05) is 24.3 Å². The molecule has 0 atom stereocenters. The molecule has 1 heteroatoms. The molecular formula is C14H12S. The lowest BCUT2D eigenvalue weighted by atomic mass is 10.0. The molecule has 0 bridgehead atoms. The van der Waals surface area contributed by atoms with Gasteiger partial charge in [0.25, 0.3) is 0 Å². The van der Waals surface area contributed by atoms with Crippen molar-refractivity contribution < 1.29 is 0 Å². The average Bonchev–Trinajstić information content (AvgIpc) is 2.52. The first-order valence-electron chi connectivity index (χ1n) is 5.14. The predicted octanol–water partition coefficient (Wildman–Crippen LogP) is 4.67. The minimum Gasteiger partial charge on any atom is -0.145 e. The maximum Gasteiger partial charge on any atom is 0.00958 e. The first kappa shape index (κ1) is 8.93. The Balaban J connectivity index is 2.55. The van der Waals surface area contributed by atoms with Crippen molar-refractivity contribution in [1.29, 1.82) is 0 Å². The van der Waals surface area contributed by atoms with Crippen molar-refractivity contribution in [1.82, 2.24) is 0 Å². The molecule has 0 aliphatic heterocycles. The molecule has 2 aromatic carbocycles. The Morgan fingerprint density at radius 1 is 0.800 bits per heavy atom. The summed E-state index contributed by atoms with van der Waals surface area (Å²) < 4.78 is 0. The van der Waals surface area contributed by atoms with Gasteiger partial charge >= 0.3 is 0 Å². The monoisotopic (exact) mass is 212 g/mol. The number of hydrogen-bond donors (Lipinski definition) is 0. The van der Waals surface area contributed by atoms with Crippen LogP contribution in [-0.4, -0.2) is 0 Å². The summed E-state index contributed by atoms with van der Waals surface area (Å²) in [6, 6.07) is 13.2. The topological polar surface area (TPSA) is 0 Å². The van der Waals surface area contributed by atoms with Crippen LogP contribution in [0.2, 0.25) is 0 Å². The SMILES string of the molecule is Cc1sc(C)c2cc3ccccc3cc12. The summed E-state index contributed by atoms with van der Waals surface area (Å²) in [6.07, 6.45) is 0. The van der Waals surface area contributed by atoms with Crippen molar-refractivity contribution in [3.63, 3.8) is 0 Å². The van der Waals surface area contributed by atoms with E-state index in [1.165, 1.54) is 31.3 Å². The van der Waals surface area contributed by atoms with Crippen molar-refractivity contribution in [2.24, 2.45) is 0 Å². The highest BCUT2D eigenvalue weighted by molar-refractivity contribution is 7.13. The van der Waals surface area contributed by atoms with E-state index in [-0.39, 0.29) is 0 Å². The first-order valence-corrected chi connectivity index (χ1v) is 5.96. The molecule has 0 saturated carbocycles. The highest BCUT2D eigenvalue weighted by Crippen LogP contribution is 2.33. The van der Waals surface area contributed by atoms with Crippen molar-refractivity contribution in [3.05, 3.63) is 46.2 Å². The Morgan fingerprint density at radius 3 is 1.73 bits per heavy atom. The summed E-state index contributed by atoms with van der Waals surface area (Å²) in [5, 5.41) is 5.50. The molecule has 0 nitrogen and oxygen atoms in total. The van der Waals surface area contributed by atoms with E-state index in [0.717, 1.165) is 0 Å². The minimum atomic E-state index is 1.34. The number of thiophene rings is 1. The van der Waals surface area contributed by atoms with Crippen molar-refractivity contribution in [2.75, 3.05) is 0 Å². The molecule has 0 N–H and O–H groups in total. The van der Waals surface area contributed by atoms with Crippen LogP contribution in [0.5, 0.6) is 0 Å². The third-order valence-electron chi connectivity index (χ3n) is 2.95. The van der Waals surface area contributed by atoms with Crippen molar-refractivity contribution in [2.45, 2.75) is 13.8 Å². The van der Waals surface area contributed by atoms with Crippen LogP contribution in [0.4, 0.5) is 0 Å². The van der Waals surface area contributed by atoms with Gasteiger partial charge in [0.1, 0.15) is 0 Å². The zero-order valence-corrected chi connectivity index (χ0v) is 9.69. The lowest BCUT2D eigenvalue weighted by Crippen LogP contribution is -1.74. The molecule has 1 aromatic heterocycles. The van der Waals surface area contributed by atoms with Crippen LogP contribution in [0, 0.1) is 13.8 Å². The second-order valence-corrected chi connectivity index (χ2v) is 5.39. The fraction of sp³-hybridized carbons (Fsp3) is 0.143. The van der Waals surface area contributed by atoms with E-state index < -0.39 is 0 Å². The van der Waals surface area contributed by atoms with Gasteiger partial charge in [0.05, 0.1) is 0 Å². The van der Waals surface area contributed by atoms with E-state index in [4.69, 9.17) is 0 Å². The van der Waals surface area contributed by atoms with Gasteiger partial charge in [-0.05, 0) is 47.5 Å². The van der Waals surface area contributed by atoms with Gasteiger partial charge in [-0.25, -0.2) is 0 Å². The maximum absolute atomic E-state index is 2.31. The molecule has 0 unspecified atom stereocenters. The lowest BCUT2D eigenvalue weighted by Gasteiger charge is -1.99. The molecule has 3 aromatic rings. The van der Waals surface area contributed by atoms with E-state index in [1.807, 2.05) is 11.3 Å². The summed E-state index contributed by atoms with van der Waals surface area (Å²) in [7, 11) is 0. The molecule has 3 rings (SSSR count). The van der Waals surface area contributed by atoms with Gasteiger partial charge in [-0.15, -0.1) is 11.3 Å². The third kappa shape index (κ3) is 1.27. The zero-order valence-electron chi connectivity index (χ0n) is 8.87. The molecule has 74 valence electrons. The molecule has 0 spiro atoms. The second-order valence-electron chi connectivity index (χ2n) is 3.96. The first-order chi connectivity index (χ1) is 7.25. The quantitative estimate of drug-likeness (QED) is 0.508. The number of benzene rings is 2. The molecular weight excluding hydrogens is 200 g/mol. The van der Waals surface area contributed by atoms with E-state index >= 15 is 0 Å². The molecule has 0 aliphatic rings. The molecule has 15 heavy (non-hydrogen) atoms. The summed E-state index contributed by atoms with van der Waals surface area (Å²) >= 11 is 1.89. The lowest BCUT2D eigenvalue weighted by molar-refractivity contribution is 1.68. The Labute approximate surface area is 93.2 Å². The van der Waals surface area contributed by atoms with Gasteiger partial charge in [0.2, 0.25) is 0 Å². The molecule has 0 aliphatic carbocycles. The molecule has 0 amide bonds. The minimum absolute atomic E-state index is 1.34. The number of hydrogen-bond acceptors (Lipinski definition) is 1. The standard InChI is InChI=1S/C14H12S/c1-9-13-7-11-5-3-4-6-12(11)8-14(13)10(2)15-9/h3-8H,1-2H3. The zero-order chi connectivity index (χ0) is 10.4. The van der Waals surface area contributed by atoms with E-state index in [9.17, 15) is 0 Å². The fourth-order valence-electron chi connectivity index (χ4n) is 2.16. The molecule has 0 radical (unpaired) electrons. The second kappa shape index (κ2) is 3.07. The molecule has 0 fully saturated rings. The van der Waals surface area contributed by atoms with Gasteiger partial charge < -0.3 is 0 Å². The molecule has 1 heterocycles. The van der Waals surface area contributed by atoms with Gasteiger partial charge in [-0.3, -0.25) is 0 Å². The summed E-state index contributed by atoms with van der Waals surface area (Å²) in [5.74, 6) is 0. The Morgan fingerprint density at radius 2 is 1.27 bits per heavy atom. The van der Waals surface area contributed by atoms with E-state index in [2.05, 4.69) is 50.2 Å². The van der Waals surface area contributed by atoms with Crippen LogP contribution in [0.25, 0.3) is 21.5 Å². The Bertz CT molecular complexity index is 591. The van der Waals surface area contributed by atoms with E-state index in [1.54, 1.807) is 0 Å². The van der Waals surface area contributed by atoms with Crippen molar-refractivity contribution in [3.8, 4) is 0 Å². The summed E-state index contributed by atoms with van der Waals surface area (Å²) in [4.78, 5) is 2.85. The van der Waals surface area contributed by atoms with Crippen molar-refractivity contribution >= 4 is 32.9 Å². The number of aryl methyl sites for hydroxylation is 2. The highest BCUT2D eigenvalue weighted by atomic mass is 32.1. The number of fused-ring (bicyclic) bond motifs is 2. The van der Waals surface area contributed by atoms with Crippen LogP contribution in [-0.2, 0) is 0 Å². The largest absolute Gasteiger partial charge is 0.145 e.